The Morgan fingerprint density at radius 1 is 1.16 bits per heavy atom. The average Bonchev–Trinajstić information content (AvgIpc) is 2.55. The van der Waals surface area contributed by atoms with E-state index >= 15 is 0 Å². The van der Waals surface area contributed by atoms with Crippen LogP contribution >= 0.6 is 11.6 Å². The van der Waals surface area contributed by atoms with Crippen molar-refractivity contribution >= 4 is 29.2 Å². The Balaban J connectivity index is 1.74. The van der Waals surface area contributed by atoms with Gasteiger partial charge in [-0.05, 0) is 49.7 Å². The van der Waals surface area contributed by atoms with Crippen LogP contribution in [0.2, 0.25) is 5.02 Å². The van der Waals surface area contributed by atoms with Crippen molar-refractivity contribution in [2.75, 3.05) is 11.9 Å². The van der Waals surface area contributed by atoms with Gasteiger partial charge in [0.05, 0.1) is 13.0 Å². The van der Waals surface area contributed by atoms with E-state index < -0.39 is 18.0 Å². The molecule has 2 aromatic carbocycles. The van der Waals surface area contributed by atoms with E-state index in [-0.39, 0.29) is 13.0 Å². The van der Waals surface area contributed by atoms with Gasteiger partial charge < -0.3 is 14.8 Å². The summed E-state index contributed by atoms with van der Waals surface area (Å²) in [4.78, 5) is 23.8. The predicted molar refractivity (Wildman–Crippen MR) is 96.9 cm³/mol. The molecule has 0 saturated carbocycles. The molecule has 132 valence electrons. The normalized spacial score (nSPS) is 11.5. The lowest BCUT2D eigenvalue weighted by atomic mass is 10.2. The molecular weight excluding hydrogens is 342 g/mol. The maximum Gasteiger partial charge on any atom is 0.310 e. The van der Waals surface area contributed by atoms with Crippen LogP contribution in [0.1, 0.15) is 18.9 Å². The largest absolute Gasteiger partial charge is 0.493 e. The molecule has 1 amide bonds. The molecule has 0 saturated heterocycles. The molecule has 0 unspecified atom stereocenters. The number of anilines is 1. The van der Waals surface area contributed by atoms with Gasteiger partial charge in [-0.25, -0.2) is 0 Å². The molecule has 1 atom stereocenters. The van der Waals surface area contributed by atoms with E-state index in [1.165, 1.54) is 6.92 Å². The standard InChI is InChI=1S/C19H20ClNO4/c1-13-5-3-8-17(11-13)24-10-9-18(22)25-14(2)19(23)21-16-7-4-6-15(20)12-16/h3-8,11-12,14H,9-10H2,1-2H3,(H,21,23)/t14-/m1/s1. The van der Waals surface area contributed by atoms with Crippen molar-refractivity contribution in [3.05, 3.63) is 59.1 Å². The fourth-order valence-electron chi connectivity index (χ4n) is 2.08. The first-order chi connectivity index (χ1) is 11.9. The predicted octanol–water partition coefficient (Wildman–Crippen LogP) is 3.99. The number of benzene rings is 2. The van der Waals surface area contributed by atoms with Gasteiger partial charge >= 0.3 is 5.97 Å². The second-order valence-corrected chi connectivity index (χ2v) is 5.98. The number of nitrogens with one attached hydrogen (secondary N) is 1. The van der Waals surface area contributed by atoms with E-state index in [2.05, 4.69) is 5.32 Å². The van der Waals surface area contributed by atoms with Gasteiger partial charge in [0.2, 0.25) is 0 Å². The number of amides is 1. The maximum absolute atomic E-state index is 12.0. The Labute approximate surface area is 151 Å². The first kappa shape index (κ1) is 18.8. The monoisotopic (exact) mass is 361 g/mol. The van der Waals surface area contributed by atoms with Crippen LogP contribution in [0.25, 0.3) is 0 Å². The van der Waals surface area contributed by atoms with E-state index in [1.807, 2.05) is 31.2 Å². The Morgan fingerprint density at radius 3 is 2.64 bits per heavy atom. The number of rotatable bonds is 7. The quantitative estimate of drug-likeness (QED) is 0.757. The zero-order valence-corrected chi connectivity index (χ0v) is 14.9. The zero-order valence-electron chi connectivity index (χ0n) is 14.1. The SMILES string of the molecule is Cc1cccc(OCCC(=O)O[C@H](C)C(=O)Nc2cccc(Cl)c2)c1. The van der Waals surface area contributed by atoms with Crippen LogP contribution in [0.3, 0.4) is 0 Å². The average molecular weight is 362 g/mol. The minimum absolute atomic E-state index is 0.0583. The van der Waals surface area contributed by atoms with Gasteiger partial charge in [-0.15, -0.1) is 0 Å². The van der Waals surface area contributed by atoms with Crippen LogP contribution in [0.4, 0.5) is 5.69 Å². The lowest BCUT2D eigenvalue weighted by Gasteiger charge is -2.14. The molecule has 0 aliphatic heterocycles. The Hall–Kier alpha value is -2.53. The molecule has 0 aliphatic rings. The Kier molecular flexibility index (Phi) is 6.83. The third-order valence-electron chi connectivity index (χ3n) is 3.33. The number of halogens is 1. The number of carbonyl (C=O) groups is 2. The Morgan fingerprint density at radius 2 is 1.92 bits per heavy atom. The molecule has 5 nitrogen and oxygen atoms in total. The minimum atomic E-state index is -0.912. The summed E-state index contributed by atoms with van der Waals surface area (Å²) in [6.07, 6.45) is -0.853. The third kappa shape index (κ3) is 6.47. The topological polar surface area (TPSA) is 64.6 Å². The molecule has 0 spiro atoms. The molecule has 0 aliphatic carbocycles. The van der Waals surface area contributed by atoms with Crippen molar-refractivity contribution < 1.29 is 19.1 Å². The van der Waals surface area contributed by atoms with Gasteiger partial charge in [-0.1, -0.05) is 29.8 Å². The van der Waals surface area contributed by atoms with Gasteiger partial charge in [0.1, 0.15) is 5.75 Å². The van der Waals surface area contributed by atoms with Crippen LogP contribution < -0.4 is 10.1 Å². The molecule has 2 aromatic rings. The second kappa shape index (κ2) is 9.08. The third-order valence-corrected chi connectivity index (χ3v) is 3.57. The summed E-state index contributed by atoms with van der Waals surface area (Å²) in [5.74, 6) is -0.226. The highest BCUT2D eigenvalue weighted by molar-refractivity contribution is 6.30. The molecular formula is C19H20ClNO4. The van der Waals surface area contributed by atoms with Crippen LogP contribution in [0.5, 0.6) is 5.75 Å². The molecule has 25 heavy (non-hydrogen) atoms. The van der Waals surface area contributed by atoms with Crippen LogP contribution in [-0.4, -0.2) is 24.6 Å². The van der Waals surface area contributed by atoms with Crippen LogP contribution in [0.15, 0.2) is 48.5 Å². The van der Waals surface area contributed by atoms with E-state index in [0.29, 0.717) is 16.5 Å². The minimum Gasteiger partial charge on any atom is -0.493 e. The molecule has 0 bridgehead atoms. The van der Waals surface area contributed by atoms with Gasteiger partial charge in [-0.3, -0.25) is 9.59 Å². The van der Waals surface area contributed by atoms with Gasteiger partial charge in [-0.2, -0.15) is 0 Å². The number of ether oxygens (including phenoxy) is 2. The molecule has 6 heteroatoms. The summed E-state index contributed by atoms with van der Waals surface area (Å²) >= 11 is 5.86. The molecule has 0 fully saturated rings. The maximum atomic E-state index is 12.0. The van der Waals surface area contributed by atoms with Crippen molar-refractivity contribution in [2.45, 2.75) is 26.4 Å². The highest BCUT2D eigenvalue weighted by atomic mass is 35.5. The van der Waals surface area contributed by atoms with Gasteiger partial charge in [0.15, 0.2) is 6.10 Å². The lowest BCUT2D eigenvalue weighted by molar-refractivity contribution is -0.153. The lowest BCUT2D eigenvalue weighted by Crippen LogP contribution is -2.30. The van der Waals surface area contributed by atoms with Crippen molar-refractivity contribution in [3.63, 3.8) is 0 Å². The van der Waals surface area contributed by atoms with Crippen LogP contribution in [0, 0.1) is 6.92 Å². The number of esters is 1. The first-order valence-corrected chi connectivity index (χ1v) is 8.27. The number of carbonyl (C=O) groups excluding carboxylic acids is 2. The summed E-state index contributed by atoms with van der Waals surface area (Å²) in [5.41, 5.74) is 1.62. The van der Waals surface area contributed by atoms with E-state index in [0.717, 1.165) is 5.56 Å². The smallest absolute Gasteiger partial charge is 0.310 e. The summed E-state index contributed by atoms with van der Waals surface area (Å²) < 4.78 is 10.6. The highest BCUT2D eigenvalue weighted by Gasteiger charge is 2.18. The molecule has 2 rings (SSSR count). The first-order valence-electron chi connectivity index (χ1n) is 7.89. The molecule has 0 aromatic heterocycles. The van der Waals surface area contributed by atoms with E-state index in [9.17, 15) is 9.59 Å². The van der Waals surface area contributed by atoms with Crippen molar-refractivity contribution in [1.82, 2.24) is 0 Å². The number of hydrogen-bond acceptors (Lipinski definition) is 4. The second-order valence-electron chi connectivity index (χ2n) is 5.55. The zero-order chi connectivity index (χ0) is 18.2. The molecule has 0 heterocycles. The van der Waals surface area contributed by atoms with Gasteiger partial charge in [0.25, 0.3) is 5.91 Å². The van der Waals surface area contributed by atoms with Crippen molar-refractivity contribution in [3.8, 4) is 5.75 Å². The Bertz CT molecular complexity index is 748. The van der Waals surface area contributed by atoms with E-state index in [4.69, 9.17) is 21.1 Å². The molecule has 0 radical (unpaired) electrons. The summed E-state index contributed by atoms with van der Waals surface area (Å²) in [5, 5.41) is 3.15. The van der Waals surface area contributed by atoms with Crippen molar-refractivity contribution in [2.24, 2.45) is 0 Å². The highest BCUT2D eigenvalue weighted by Crippen LogP contribution is 2.15. The number of hydrogen-bond donors (Lipinski definition) is 1. The van der Waals surface area contributed by atoms with Crippen LogP contribution in [-0.2, 0) is 14.3 Å². The fraction of sp³-hybridized carbons (Fsp3) is 0.263. The molecule has 1 N–H and O–H groups in total. The van der Waals surface area contributed by atoms with Crippen molar-refractivity contribution in [1.29, 1.82) is 0 Å². The summed E-state index contributed by atoms with van der Waals surface area (Å²) in [7, 11) is 0. The van der Waals surface area contributed by atoms with Gasteiger partial charge in [0, 0.05) is 10.7 Å². The fourth-order valence-corrected chi connectivity index (χ4v) is 2.27. The summed E-state index contributed by atoms with van der Waals surface area (Å²) in [6.45, 7) is 3.66. The van der Waals surface area contributed by atoms with E-state index in [1.54, 1.807) is 24.3 Å². The number of aryl methyl sites for hydroxylation is 1. The summed E-state index contributed by atoms with van der Waals surface area (Å²) in [6, 6.07) is 14.3.